The molecular weight excluding hydrogens is 310 g/mol. The van der Waals surface area contributed by atoms with Crippen molar-refractivity contribution < 1.29 is 13.2 Å². The fraction of sp³-hybridized carbons (Fsp3) is 0.278. The first-order valence-corrected chi connectivity index (χ1v) is 9.40. The first-order chi connectivity index (χ1) is 10.9. The van der Waals surface area contributed by atoms with E-state index in [1.165, 1.54) is 17.7 Å². The lowest BCUT2D eigenvalue weighted by Gasteiger charge is -2.12. The van der Waals surface area contributed by atoms with Gasteiger partial charge in [0, 0.05) is 18.4 Å². The van der Waals surface area contributed by atoms with E-state index in [9.17, 15) is 13.2 Å². The van der Waals surface area contributed by atoms with Gasteiger partial charge in [0.1, 0.15) is 0 Å². The maximum atomic E-state index is 12.1. The third-order valence-electron chi connectivity index (χ3n) is 3.76. The van der Waals surface area contributed by atoms with Gasteiger partial charge in [-0.15, -0.1) is 0 Å². The second kappa shape index (κ2) is 7.42. The van der Waals surface area contributed by atoms with E-state index < -0.39 is 9.84 Å². The number of rotatable bonds is 6. The van der Waals surface area contributed by atoms with E-state index in [0.717, 1.165) is 12.7 Å². The van der Waals surface area contributed by atoms with Gasteiger partial charge in [-0.25, -0.2) is 8.42 Å². The molecule has 0 saturated carbocycles. The predicted octanol–water partition coefficient (Wildman–Crippen LogP) is 3.01. The van der Waals surface area contributed by atoms with Crippen LogP contribution in [0.15, 0.2) is 59.5 Å². The molecule has 0 radical (unpaired) electrons. The third-order valence-corrected chi connectivity index (χ3v) is 4.87. The van der Waals surface area contributed by atoms with Crippen LogP contribution in [0.1, 0.15) is 35.2 Å². The Morgan fingerprint density at radius 1 is 1.09 bits per heavy atom. The molecule has 122 valence electrons. The van der Waals surface area contributed by atoms with Gasteiger partial charge in [0.25, 0.3) is 5.91 Å². The summed E-state index contributed by atoms with van der Waals surface area (Å²) in [7, 11) is -3.31. The topological polar surface area (TPSA) is 63.2 Å². The first-order valence-electron chi connectivity index (χ1n) is 7.51. The monoisotopic (exact) mass is 331 g/mol. The highest BCUT2D eigenvalue weighted by atomic mass is 32.2. The van der Waals surface area contributed by atoms with Crippen molar-refractivity contribution in [3.8, 4) is 0 Å². The lowest BCUT2D eigenvalue weighted by Crippen LogP contribution is -2.25. The van der Waals surface area contributed by atoms with Crippen LogP contribution in [0.3, 0.4) is 0 Å². The Kier molecular flexibility index (Phi) is 5.55. The summed E-state index contributed by atoms with van der Waals surface area (Å²) in [6.07, 6.45) is 1.95. The molecule has 1 amide bonds. The number of carbonyl (C=O) groups is 1. The van der Waals surface area contributed by atoms with Crippen LogP contribution < -0.4 is 5.32 Å². The van der Waals surface area contributed by atoms with Crippen molar-refractivity contribution >= 4 is 15.7 Å². The Labute approximate surface area is 137 Å². The van der Waals surface area contributed by atoms with Gasteiger partial charge in [0.2, 0.25) is 0 Å². The van der Waals surface area contributed by atoms with Gasteiger partial charge < -0.3 is 5.32 Å². The van der Waals surface area contributed by atoms with E-state index in [1.807, 2.05) is 18.2 Å². The van der Waals surface area contributed by atoms with E-state index in [-0.39, 0.29) is 10.8 Å². The molecule has 0 saturated heterocycles. The van der Waals surface area contributed by atoms with Gasteiger partial charge in [-0.1, -0.05) is 43.3 Å². The first kappa shape index (κ1) is 17.2. The summed E-state index contributed by atoms with van der Waals surface area (Å²) in [6, 6.07) is 16.2. The molecule has 23 heavy (non-hydrogen) atoms. The van der Waals surface area contributed by atoms with Crippen molar-refractivity contribution in [2.75, 3.05) is 12.8 Å². The number of hydrogen-bond donors (Lipinski definition) is 1. The zero-order valence-corrected chi connectivity index (χ0v) is 14.1. The summed E-state index contributed by atoms with van der Waals surface area (Å²) in [5.74, 6) is 0.0922. The average molecular weight is 331 g/mol. The molecule has 1 atom stereocenters. The molecule has 0 aliphatic heterocycles. The van der Waals surface area contributed by atoms with Crippen LogP contribution in [-0.2, 0) is 9.84 Å². The molecule has 5 heteroatoms. The Bertz CT molecular complexity index is 770. The average Bonchev–Trinajstić information content (AvgIpc) is 2.54. The molecule has 0 fully saturated rings. The molecule has 0 aromatic heterocycles. The van der Waals surface area contributed by atoms with Crippen LogP contribution in [0.4, 0.5) is 0 Å². The van der Waals surface area contributed by atoms with Crippen molar-refractivity contribution in [1.82, 2.24) is 5.32 Å². The largest absolute Gasteiger partial charge is 0.352 e. The van der Waals surface area contributed by atoms with Gasteiger partial charge in [-0.05, 0) is 36.1 Å². The van der Waals surface area contributed by atoms with Gasteiger partial charge >= 0.3 is 0 Å². The highest BCUT2D eigenvalue weighted by Crippen LogP contribution is 2.17. The number of sulfone groups is 1. The standard InChI is InChI=1S/C18H21NO3S/c1-14(15-7-4-3-5-8-15)11-12-19-18(20)16-9-6-10-17(13-16)23(2,21)22/h3-10,13-14H,11-12H2,1-2H3,(H,19,20)/t14-/m0/s1. The SMILES string of the molecule is C[C@@H](CCNC(=O)c1cccc(S(C)(=O)=O)c1)c1ccccc1. The van der Waals surface area contributed by atoms with Crippen molar-refractivity contribution in [3.05, 3.63) is 65.7 Å². The maximum Gasteiger partial charge on any atom is 0.251 e. The number of carbonyl (C=O) groups excluding carboxylic acids is 1. The minimum Gasteiger partial charge on any atom is -0.352 e. The number of hydrogen-bond acceptors (Lipinski definition) is 3. The van der Waals surface area contributed by atoms with Gasteiger partial charge in [-0.3, -0.25) is 4.79 Å². The third kappa shape index (κ3) is 4.93. The van der Waals surface area contributed by atoms with Crippen molar-refractivity contribution in [1.29, 1.82) is 0 Å². The minimum atomic E-state index is -3.31. The fourth-order valence-electron chi connectivity index (χ4n) is 2.32. The Morgan fingerprint density at radius 3 is 2.43 bits per heavy atom. The normalized spacial score (nSPS) is 12.6. The van der Waals surface area contributed by atoms with Crippen LogP contribution in [-0.4, -0.2) is 27.1 Å². The Morgan fingerprint density at radius 2 is 1.78 bits per heavy atom. The molecule has 2 rings (SSSR count). The second-order valence-electron chi connectivity index (χ2n) is 5.66. The van der Waals surface area contributed by atoms with Gasteiger partial charge in [-0.2, -0.15) is 0 Å². The summed E-state index contributed by atoms with van der Waals surface area (Å²) in [6.45, 7) is 2.66. The van der Waals surface area contributed by atoms with E-state index in [1.54, 1.807) is 12.1 Å². The van der Waals surface area contributed by atoms with Gasteiger partial charge in [0.05, 0.1) is 4.90 Å². The van der Waals surface area contributed by atoms with Crippen LogP contribution in [0, 0.1) is 0 Å². The molecule has 2 aromatic rings. The van der Waals surface area contributed by atoms with Crippen molar-refractivity contribution in [2.45, 2.75) is 24.2 Å². The molecule has 0 unspecified atom stereocenters. The van der Waals surface area contributed by atoms with Crippen LogP contribution >= 0.6 is 0 Å². The molecule has 0 spiro atoms. The zero-order chi connectivity index (χ0) is 16.9. The smallest absolute Gasteiger partial charge is 0.251 e. The van der Waals surface area contributed by atoms with E-state index in [2.05, 4.69) is 24.4 Å². The predicted molar refractivity (Wildman–Crippen MR) is 91.4 cm³/mol. The number of amides is 1. The quantitative estimate of drug-likeness (QED) is 0.885. The maximum absolute atomic E-state index is 12.1. The number of nitrogens with one attached hydrogen (secondary N) is 1. The molecule has 0 bridgehead atoms. The summed E-state index contributed by atoms with van der Waals surface area (Å²) < 4.78 is 23.1. The van der Waals surface area contributed by atoms with Crippen molar-refractivity contribution in [3.63, 3.8) is 0 Å². The molecule has 0 heterocycles. The minimum absolute atomic E-state index is 0.155. The van der Waals surface area contributed by atoms with Crippen LogP contribution in [0.5, 0.6) is 0 Å². The highest BCUT2D eigenvalue weighted by molar-refractivity contribution is 7.90. The summed E-state index contributed by atoms with van der Waals surface area (Å²) in [4.78, 5) is 12.3. The zero-order valence-electron chi connectivity index (χ0n) is 13.3. The van der Waals surface area contributed by atoms with Gasteiger partial charge in [0.15, 0.2) is 9.84 Å². The lowest BCUT2D eigenvalue weighted by atomic mass is 9.98. The number of benzene rings is 2. The second-order valence-corrected chi connectivity index (χ2v) is 7.67. The highest BCUT2D eigenvalue weighted by Gasteiger charge is 2.12. The molecular formula is C18H21NO3S. The molecule has 0 aliphatic rings. The van der Waals surface area contributed by atoms with E-state index >= 15 is 0 Å². The molecule has 2 aromatic carbocycles. The van der Waals surface area contributed by atoms with Crippen molar-refractivity contribution in [2.24, 2.45) is 0 Å². The Balaban J connectivity index is 1.93. The fourth-order valence-corrected chi connectivity index (χ4v) is 2.99. The molecule has 1 N–H and O–H groups in total. The Hall–Kier alpha value is -2.14. The lowest BCUT2D eigenvalue weighted by molar-refractivity contribution is 0.0952. The van der Waals surface area contributed by atoms with Crippen LogP contribution in [0.2, 0.25) is 0 Å². The summed E-state index contributed by atoms with van der Waals surface area (Å²) in [5.41, 5.74) is 1.60. The summed E-state index contributed by atoms with van der Waals surface area (Å²) in [5, 5.41) is 2.84. The summed E-state index contributed by atoms with van der Waals surface area (Å²) >= 11 is 0. The van der Waals surface area contributed by atoms with Crippen LogP contribution in [0.25, 0.3) is 0 Å². The molecule has 4 nitrogen and oxygen atoms in total. The molecule has 0 aliphatic carbocycles. The van der Waals surface area contributed by atoms with E-state index in [0.29, 0.717) is 18.0 Å². The van der Waals surface area contributed by atoms with E-state index in [4.69, 9.17) is 0 Å².